The van der Waals surface area contributed by atoms with Gasteiger partial charge < -0.3 is 0 Å². The molecule has 2 rings (SSSR count). The fraction of sp³-hybridized carbons (Fsp3) is 0.750. The van der Waals surface area contributed by atoms with Gasteiger partial charge in [-0.2, -0.15) is 9.40 Å². The maximum atomic E-state index is 12.7. The second-order valence-corrected chi connectivity index (χ2v) is 7.18. The van der Waals surface area contributed by atoms with E-state index in [0.717, 1.165) is 12.8 Å². The molecule has 0 saturated carbocycles. The molecule has 0 aliphatic carbocycles. The Hall–Kier alpha value is -0.880. The van der Waals surface area contributed by atoms with Gasteiger partial charge in [0, 0.05) is 12.6 Å². The van der Waals surface area contributed by atoms with Gasteiger partial charge in [-0.05, 0) is 39.5 Å². The summed E-state index contributed by atoms with van der Waals surface area (Å²) in [5, 5.41) is 6.74. The van der Waals surface area contributed by atoms with E-state index in [4.69, 9.17) is 0 Å². The van der Waals surface area contributed by atoms with E-state index in [1.807, 2.05) is 6.92 Å². The number of aromatic nitrogens is 2. The summed E-state index contributed by atoms with van der Waals surface area (Å²) >= 11 is 0. The van der Waals surface area contributed by atoms with Crippen molar-refractivity contribution in [2.45, 2.75) is 51.5 Å². The molecule has 1 aliphatic heterocycles. The van der Waals surface area contributed by atoms with Crippen LogP contribution in [0.5, 0.6) is 0 Å². The fourth-order valence-corrected chi connectivity index (χ4v) is 4.77. The summed E-state index contributed by atoms with van der Waals surface area (Å²) in [7, 11) is -3.41. The molecular weight excluding hydrogens is 250 g/mol. The number of nitrogens with one attached hydrogen (secondary N) is 1. The first-order chi connectivity index (χ1) is 8.34. The second-order valence-electron chi connectivity index (χ2n) is 5.36. The lowest BCUT2D eigenvalue weighted by molar-refractivity contribution is 0.220. The van der Waals surface area contributed by atoms with E-state index in [2.05, 4.69) is 17.1 Å². The van der Waals surface area contributed by atoms with Crippen LogP contribution in [0.2, 0.25) is 0 Å². The van der Waals surface area contributed by atoms with Crippen molar-refractivity contribution >= 4 is 10.0 Å². The molecule has 1 aromatic rings. The van der Waals surface area contributed by atoms with Gasteiger partial charge >= 0.3 is 0 Å². The zero-order chi connectivity index (χ0) is 13.5. The molecule has 18 heavy (non-hydrogen) atoms. The molecule has 1 aliphatic rings. The molecule has 0 spiro atoms. The van der Waals surface area contributed by atoms with Gasteiger partial charge in [-0.3, -0.25) is 5.10 Å². The quantitative estimate of drug-likeness (QED) is 0.892. The van der Waals surface area contributed by atoms with Crippen molar-refractivity contribution in [2.75, 3.05) is 6.54 Å². The second kappa shape index (κ2) is 4.66. The van der Waals surface area contributed by atoms with Gasteiger partial charge in [0.15, 0.2) is 0 Å². The summed E-state index contributed by atoms with van der Waals surface area (Å²) in [6.45, 7) is 8.25. The third-order valence-electron chi connectivity index (χ3n) is 3.70. The third-order valence-corrected chi connectivity index (χ3v) is 5.98. The predicted molar refractivity (Wildman–Crippen MR) is 69.8 cm³/mol. The molecule has 1 saturated heterocycles. The predicted octanol–water partition coefficient (Wildman–Crippen LogP) is 1.84. The van der Waals surface area contributed by atoms with E-state index < -0.39 is 10.0 Å². The molecule has 6 heteroatoms. The van der Waals surface area contributed by atoms with Crippen LogP contribution in [0.15, 0.2) is 4.90 Å². The van der Waals surface area contributed by atoms with E-state index in [1.54, 1.807) is 18.2 Å². The topological polar surface area (TPSA) is 66.1 Å². The maximum absolute atomic E-state index is 12.7. The van der Waals surface area contributed by atoms with Crippen molar-refractivity contribution in [3.05, 3.63) is 11.4 Å². The van der Waals surface area contributed by atoms with Crippen LogP contribution in [-0.2, 0) is 10.0 Å². The average Bonchev–Trinajstić information content (AvgIpc) is 2.58. The first-order valence-corrected chi connectivity index (χ1v) is 7.81. The molecule has 102 valence electrons. The van der Waals surface area contributed by atoms with Crippen LogP contribution < -0.4 is 0 Å². The summed E-state index contributed by atoms with van der Waals surface area (Å²) in [6, 6.07) is 0.0625. The summed E-state index contributed by atoms with van der Waals surface area (Å²) in [5.74, 6) is 0.595. The number of H-pyrrole nitrogens is 1. The van der Waals surface area contributed by atoms with Crippen LogP contribution >= 0.6 is 0 Å². The fourth-order valence-electron chi connectivity index (χ4n) is 2.78. The minimum Gasteiger partial charge on any atom is -0.281 e. The van der Waals surface area contributed by atoms with Gasteiger partial charge in [-0.15, -0.1) is 0 Å². The molecule has 5 nitrogen and oxygen atoms in total. The van der Waals surface area contributed by atoms with Crippen molar-refractivity contribution in [2.24, 2.45) is 5.92 Å². The van der Waals surface area contributed by atoms with Crippen molar-refractivity contribution in [1.82, 2.24) is 14.5 Å². The van der Waals surface area contributed by atoms with Gasteiger partial charge in [0.1, 0.15) is 4.90 Å². The summed E-state index contributed by atoms with van der Waals surface area (Å²) in [5.41, 5.74) is 1.18. The van der Waals surface area contributed by atoms with Gasteiger partial charge in [-0.1, -0.05) is 6.92 Å². The van der Waals surface area contributed by atoms with E-state index in [1.165, 1.54) is 0 Å². The van der Waals surface area contributed by atoms with Gasteiger partial charge in [0.05, 0.1) is 11.4 Å². The molecule has 2 unspecified atom stereocenters. The zero-order valence-corrected chi connectivity index (χ0v) is 12.2. The Morgan fingerprint density at radius 2 is 2.00 bits per heavy atom. The van der Waals surface area contributed by atoms with Crippen molar-refractivity contribution < 1.29 is 8.42 Å². The Kier molecular flexibility index (Phi) is 3.51. The monoisotopic (exact) mass is 271 g/mol. The summed E-state index contributed by atoms with van der Waals surface area (Å²) < 4.78 is 27.0. The zero-order valence-electron chi connectivity index (χ0n) is 11.4. The highest BCUT2D eigenvalue weighted by Gasteiger charge is 2.35. The lowest BCUT2D eigenvalue weighted by Crippen LogP contribution is -2.44. The molecule has 0 bridgehead atoms. The maximum Gasteiger partial charge on any atom is 0.246 e. The van der Waals surface area contributed by atoms with Crippen LogP contribution in [0.1, 0.15) is 38.1 Å². The first kappa shape index (κ1) is 13.5. The van der Waals surface area contributed by atoms with Crippen LogP contribution in [0.3, 0.4) is 0 Å². The Morgan fingerprint density at radius 3 is 2.50 bits per heavy atom. The van der Waals surface area contributed by atoms with E-state index >= 15 is 0 Å². The minimum absolute atomic E-state index is 0.0625. The molecule has 0 aromatic carbocycles. The Morgan fingerprint density at radius 1 is 1.33 bits per heavy atom. The van der Waals surface area contributed by atoms with Crippen LogP contribution in [-0.4, -0.2) is 35.5 Å². The highest BCUT2D eigenvalue weighted by atomic mass is 32.2. The van der Waals surface area contributed by atoms with Crippen molar-refractivity contribution in [1.29, 1.82) is 0 Å². The molecule has 0 radical (unpaired) electrons. The minimum atomic E-state index is -3.41. The van der Waals surface area contributed by atoms with E-state index in [9.17, 15) is 8.42 Å². The average molecular weight is 271 g/mol. The van der Waals surface area contributed by atoms with Gasteiger partial charge in [0.2, 0.25) is 10.0 Å². The molecule has 1 aromatic heterocycles. The number of aryl methyl sites for hydroxylation is 2. The molecule has 1 N–H and O–H groups in total. The summed E-state index contributed by atoms with van der Waals surface area (Å²) in [6.07, 6.45) is 1.86. The molecule has 2 heterocycles. The lowest BCUT2D eigenvalue weighted by Gasteiger charge is -2.35. The highest BCUT2D eigenvalue weighted by Crippen LogP contribution is 2.30. The van der Waals surface area contributed by atoms with Crippen LogP contribution in [0.4, 0.5) is 0 Å². The molecular formula is C12H21N3O2S. The number of nitrogens with zero attached hydrogens (tertiary/aromatic N) is 2. The molecule has 0 amide bonds. The first-order valence-electron chi connectivity index (χ1n) is 6.37. The number of hydrogen-bond donors (Lipinski definition) is 1. The largest absolute Gasteiger partial charge is 0.281 e. The van der Waals surface area contributed by atoms with Gasteiger partial charge in [-0.25, -0.2) is 8.42 Å². The van der Waals surface area contributed by atoms with E-state index in [-0.39, 0.29) is 6.04 Å². The standard InChI is InChI=1S/C12H21N3O2S/c1-8-5-6-15(9(2)7-8)18(16,17)12-10(3)13-14-11(12)4/h8-9H,5-7H2,1-4H3,(H,13,14). The van der Waals surface area contributed by atoms with Crippen LogP contribution in [0, 0.1) is 19.8 Å². The van der Waals surface area contributed by atoms with Gasteiger partial charge in [0.25, 0.3) is 0 Å². The third kappa shape index (κ3) is 2.19. The highest BCUT2D eigenvalue weighted by molar-refractivity contribution is 7.89. The van der Waals surface area contributed by atoms with Crippen molar-refractivity contribution in [3.63, 3.8) is 0 Å². The molecule has 2 atom stereocenters. The Bertz CT molecular complexity index is 516. The number of hydrogen-bond acceptors (Lipinski definition) is 3. The Balaban J connectivity index is 2.38. The number of sulfonamides is 1. The summed E-state index contributed by atoms with van der Waals surface area (Å²) in [4.78, 5) is 0.351. The SMILES string of the molecule is Cc1n[nH]c(C)c1S(=O)(=O)N1CCC(C)CC1C. The number of rotatable bonds is 2. The molecule has 1 fully saturated rings. The van der Waals surface area contributed by atoms with Crippen molar-refractivity contribution in [3.8, 4) is 0 Å². The smallest absolute Gasteiger partial charge is 0.246 e. The number of aromatic amines is 1. The van der Waals surface area contributed by atoms with E-state index in [0.29, 0.717) is 28.7 Å². The Labute approximate surface area is 109 Å². The van der Waals surface area contributed by atoms with Crippen LogP contribution in [0.25, 0.3) is 0 Å². The normalized spacial score (nSPS) is 26.4. The number of piperidine rings is 1. The lowest BCUT2D eigenvalue weighted by atomic mass is 9.95.